The highest BCUT2D eigenvalue weighted by molar-refractivity contribution is 7.17. The van der Waals surface area contributed by atoms with Crippen LogP contribution in [0, 0.1) is 5.92 Å². The van der Waals surface area contributed by atoms with Crippen molar-refractivity contribution in [3.63, 3.8) is 0 Å². The van der Waals surface area contributed by atoms with E-state index in [2.05, 4.69) is 21.9 Å². The molecule has 0 aromatic carbocycles. The molecule has 5 rings (SSSR count). The van der Waals surface area contributed by atoms with Gasteiger partial charge in [0.05, 0.1) is 35.3 Å². The number of rotatable bonds is 7. The van der Waals surface area contributed by atoms with Crippen molar-refractivity contribution < 1.29 is 29.0 Å². The van der Waals surface area contributed by atoms with Crippen LogP contribution in [-0.2, 0) is 14.3 Å². The maximum Gasteiger partial charge on any atom is 0.408 e. The maximum absolute atomic E-state index is 13.2. The summed E-state index contributed by atoms with van der Waals surface area (Å²) in [7, 11) is 1.25. The fourth-order valence-corrected chi connectivity index (χ4v) is 5.46. The van der Waals surface area contributed by atoms with Gasteiger partial charge in [0, 0.05) is 24.6 Å². The fraction of sp³-hybridized carbons (Fsp3) is 0.320. The van der Waals surface area contributed by atoms with Crippen molar-refractivity contribution in [2.24, 2.45) is 5.92 Å². The average molecular weight is 509 g/mol. The van der Waals surface area contributed by atoms with Gasteiger partial charge in [-0.15, -0.1) is 17.9 Å². The van der Waals surface area contributed by atoms with Crippen LogP contribution in [-0.4, -0.2) is 69.3 Å². The second-order valence-corrected chi connectivity index (χ2v) is 9.70. The first kappa shape index (κ1) is 23.7. The Balaban J connectivity index is 1.38. The third-order valence-electron chi connectivity index (χ3n) is 6.60. The molecule has 0 unspecified atom stereocenters. The van der Waals surface area contributed by atoms with Gasteiger partial charge in [0.1, 0.15) is 23.4 Å². The first-order valence-electron chi connectivity index (χ1n) is 11.3. The third kappa shape index (κ3) is 4.15. The summed E-state index contributed by atoms with van der Waals surface area (Å²) in [5.41, 5.74) is 0.844. The number of hydrogen-bond donors (Lipinski definition) is 2. The lowest BCUT2D eigenvalue weighted by Gasteiger charge is -2.23. The summed E-state index contributed by atoms with van der Waals surface area (Å²) >= 11 is 1.46. The number of amides is 2. The molecule has 1 aliphatic heterocycles. The summed E-state index contributed by atoms with van der Waals surface area (Å²) < 4.78 is 12.0. The van der Waals surface area contributed by atoms with E-state index in [0.29, 0.717) is 23.6 Å². The predicted octanol–water partition coefficient (Wildman–Crippen LogP) is 3.09. The zero-order valence-electron chi connectivity index (χ0n) is 19.4. The van der Waals surface area contributed by atoms with E-state index in [-0.39, 0.29) is 18.9 Å². The number of esters is 1. The van der Waals surface area contributed by atoms with E-state index in [9.17, 15) is 19.5 Å². The van der Waals surface area contributed by atoms with E-state index in [1.54, 1.807) is 18.3 Å². The number of fused-ring (bicyclic) bond motifs is 1. The Bertz CT molecular complexity index is 1340. The number of pyridine rings is 2. The molecule has 0 bridgehead atoms. The molecule has 2 N–H and O–H groups in total. The van der Waals surface area contributed by atoms with Crippen LogP contribution in [0.4, 0.5) is 4.79 Å². The average Bonchev–Trinajstić information content (AvgIpc) is 3.20. The van der Waals surface area contributed by atoms with Crippen molar-refractivity contribution in [1.82, 2.24) is 20.2 Å². The summed E-state index contributed by atoms with van der Waals surface area (Å²) in [6.07, 6.45) is 1.93. The smallest absolute Gasteiger partial charge is 0.408 e. The van der Waals surface area contributed by atoms with E-state index in [4.69, 9.17) is 9.47 Å². The van der Waals surface area contributed by atoms with E-state index >= 15 is 0 Å². The molecule has 0 radical (unpaired) electrons. The molecule has 11 heteroatoms. The maximum atomic E-state index is 13.2. The number of hydrogen-bond acceptors (Lipinski definition) is 8. The van der Waals surface area contributed by atoms with Gasteiger partial charge in [0.25, 0.3) is 0 Å². The Kier molecular flexibility index (Phi) is 6.09. The van der Waals surface area contributed by atoms with E-state index in [1.807, 2.05) is 29.6 Å². The minimum absolute atomic E-state index is 0.00234. The number of nitrogens with one attached hydrogen (secondary N) is 1. The summed E-state index contributed by atoms with van der Waals surface area (Å²) in [6.45, 7) is 3.70. The number of methoxy groups -OCH3 is 1. The Labute approximate surface area is 210 Å². The molecule has 186 valence electrons. The Morgan fingerprint density at radius 2 is 2.14 bits per heavy atom. The first-order chi connectivity index (χ1) is 17.4. The summed E-state index contributed by atoms with van der Waals surface area (Å²) in [5.74, 6) is -0.864. The van der Waals surface area contributed by atoms with Crippen molar-refractivity contribution in [3.8, 4) is 17.1 Å². The predicted molar refractivity (Wildman–Crippen MR) is 132 cm³/mol. The number of carbonyl (C=O) groups is 3. The molecule has 4 atom stereocenters. The topological polar surface area (TPSA) is 131 Å². The molecule has 36 heavy (non-hydrogen) atoms. The molecule has 3 aromatic rings. The SMILES string of the molecule is C=C[C@@H]1C[C@]1(NC(=O)[C@@H]1C[C@@H](Oc2cc(-c3ccccn3)nc3ccsc23)CN1C(=O)O)C(=O)OC. The van der Waals surface area contributed by atoms with Crippen molar-refractivity contribution in [2.45, 2.75) is 30.5 Å². The lowest BCUT2D eigenvalue weighted by atomic mass is 10.1. The zero-order chi connectivity index (χ0) is 25.4. The van der Waals surface area contributed by atoms with Gasteiger partial charge in [-0.3, -0.25) is 14.7 Å². The van der Waals surface area contributed by atoms with Crippen LogP contribution in [0.2, 0.25) is 0 Å². The summed E-state index contributed by atoms with van der Waals surface area (Å²) in [6, 6.07) is 8.17. The molecule has 1 saturated carbocycles. The third-order valence-corrected chi connectivity index (χ3v) is 7.52. The molecular formula is C25H24N4O6S. The monoisotopic (exact) mass is 508 g/mol. The van der Waals surface area contributed by atoms with Crippen molar-refractivity contribution >= 4 is 39.5 Å². The summed E-state index contributed by atoms with van der Waals surface area (Å²) in [4.78, 5) is 47.6. The van der Waals surface area contributed by atoms with E-state index < -0.39 is 35.7 Å². The van der Waals surface area contributed by atoms with Crippen molar-refractivity contribution in [1.29, 1.82) is 0 Å². The first-order valence-corrected chi connectivity index (χ1v) is 12.2. The standard InChI is InChI=1S/C25H24N4O6S/c1-3-14-12-25(14,23(31)34-2)28-22(30)19-10-15(13-29(19)24(32)33)35-20-11-18(16-6-4-5-8-26-16)27-17-7-9-36-21(17)20/h3-9,11,14-15,19H,1,10,12-13H2,2H3,(H,28,30)(H,32,33)/t14-,15-,19+,25-/m1/s1. The summed E-state index contributed by atoms with van der Waals surface area (Å²) in [5, 5.41) is 14.4. The number of nitrogens with zero attached hydrogens (tertiary/aromatic N) is 3. The minimum atomic E-state index is -1.24. The number of likely N-dealkylation sites (tertiary alicyclic amines) is 1. The molecule has 2 amide bonds. The quantitative estimate of drug-likeness (QED) is 0.368. The number of ether oxygens (including phenoxy) is 2. The minimum Gasteiger partial charge on any atom is -0.487 e. The van der Waals surface area contributed by atoms with Gasteiger partial charge in [0.2, 0.25) is 5.91 Å². The second-order valence-electron chi connectivity index (χ2n) is 8.78. The highest BCUT2D eigenvalue weighted by atomic mass is 32.1. The Hall–Kier alpha value is -3.99. The normalized spacial score (nSPS) is 24.8. The van der Waals surface area contributed by atoms with Gasteiger partial charge in [-0.2, -0.15) is 0 Å². The second kappa shape index (κ2) is 9.23. The highest BCUT2D eigenvalue weighted by Crippen LogP contribution is 2.45. The van der Waals surface area contributed by atoms with Crippen LogP contribution in [0.1, 0.15) is 12.8 Å². The van der Waals surface area contributed by atoms with Crippen LogP contribution in [0.5, 0.6) is 5.75 Å². The molecule has 3 aromatic heterocycles. The van der Waals surface area contributed by atoms with Crippen LogP contribution >= 0.6 is 11.3 Å². The molecule has 0 spiro atoms. The molecule has 10 nitrogen and oxygen atoms in total. The van der Waals surface area contributed by atoms with Gasteiger partial charge in [-0.1, -0.05) is 12.1 Å². The van der Waals surface area contributed by atoms with Crippen molar-refractivity contribution in [3.05, 3.63) is 54.6 Å². The van der Waals surface area contributed by atoms with Gasteiger partial charge >= 0.3 is 12.1 Å². The lowest BCUT2D eigenvalue weighted by molar-refractivity contribution is -0.147. The van der Waals surface area contributed by atoms with Crippen LogP contribution in [0.15, 0.2) is 54.6 Å². The largest absolute Gasteiger partial charge is 0.487 e. The Morgan fingerprint density at radius 3 is 2.81 bits per heavy atom. The lowest BCUT2D eigenvalue weighted by Crippen LogP contribution is -2.53. The Morgan fingerprint density at radius 1 is 1.31 bits per heavy atom. The number of carbonyl (C=O) groups excluding carboxylic acids is 2. The van der Waals surface area contributed by atoms with Gasteiger partial charge in [0.15, 0.2) is 0 Å². The molecule has 1 aliphatic carbocycles. The molecule has 2 fully saturated rings. The van der Waals surface area contributed by atoms with Crippen LogP contribution in [0.3, 0.4) is 0 Å². The van der Waals surface area contributed by atoms with E-state index in [0.717, 1.165) is 15.1 Å². The zero-order valence-corrected chi connectivity index (χ0v) is 20.2. The van der Waals surface area contributed by atoms with Crippen molar-refractivity contribution in [2.75, 3.05) is 13.7 Å². The number of aromatic nitrogens is 2. The fourth-order valence-electron chi connectivity index (χ4n) is 4.67. The van der Waals surface area contributed by atoms with Crippen LogP contribution in [0.25, 0.3) is 21.6 Å². The van der Waals surface area contributed by atoms with Gasteiger partial charge in [-0.25, -0.2) is 14.6 Å². The number of carboxylic acid groups (broad SMARTS) is 1. The van der Waals surface area contributed by atoms with E-state index in [1.165, 1.54) is 18.4 Å². The highest BCUT2D eigenvalue weighted by Gasteiger charge is 2.61. The van der Waals surface area contributed by atoms with Gasteiger partial charge in [-0.05, 0) is 30.0 Å². The number of thiophene rings is 1. The van der Waals surface area contributed by atoms with Crippen LogP contribution < -0.4 is 10.1 Å². The molecule has 2 aliphatic rings. The molecule has 1 saturated heterocycles. The molecule has 4 heterocycles. The molecular weight excluding hydrogens is 484 g/mol. The van der Waals surface area contributed by atoms with Gasteiger partial charge < -0.3 is 19.9 Å².